The highest BCUT2D eigenvalue weighted by molar-refractivity contribution is 7.13. The molecule has 0 saturated heterocycles. The molecule has 0 saturated carbocycles. The van der Waals surface area contributed by atoms with Gasteiger partial charge in [-0.15, -0.1) is 11.3 Å². The Morgan fingerprint density at radius 3 is 3.00 bits per heavy atom. The van der Waals surface area contributed by atoms with Crippen LogP contribution in [0.1, 0.15) is 5.56 Å². The highest BCUT2D eigenvalue weighted by atomic mass is 32.1. The molecule has 0 spiro atoms. The van der Waals surface area contributed by atoms with Crippen molar-refractivity contribution in [3.05, 3.63) is 35.5 Å². The van der Waals surface area contributed by atoms with Gasteiger partial charge in [0.2, 0.25) is 0 Å². The Morgan fingerprint density at radius 2 is 2.27 bits per heavy atom. The maximum atomic E-state index is 4.53. The minimum absolute atomic E-state index is 0.936. The molecule has 1 N–H and O–H groups in total. The first kappa shape index (κ1) is 8.61. The standard InChI is InChI=1S/C11H9N3S/c1-7-3-5-15-10(7)11-13-8-2-4-12-6-9(8)14-11/h2-6H,1H3,(H,13,14). The summed E-state index contributed by atoms with van der Waals surface area (Å²) < 4.78 is 0. The van der Waals surface area contributed by atoms with Crippen LogP contribution in [0.5, 0.6) is 0 Å². The summed E-state index contributed by atoms with van der Waals surface area (Å²) in [5.74, 6) is 0.936. The fourth-order valence-corrected chi connectivity index (χ4v) is 2.45. The van der Waals surface area contributed by atoms with Crippen molar-refractivity contribution in [2.75, 3.05) is 0 Å². The van der Waals surface area contributed by atoms with E-state index < -0.39 is 0 Å². The highest BCUT2D eigenvalue weighted by Gasteiger charge is 2.08. The number of aryl methyl sites for hydroxylation is 1. The Bertz CT molecular complexity index is 576. The molecule has 0 unspecified atom stereocenters. The van der Waals surface area contributed by atoms with Gasteiger partial charge in [0.15, 0.2) is 0 Å². The second kappa shape index (κ2) is 3.17. The Kier molecular flexibility index (Phi) is 1.82. The van der Waals surface area contributed by atoms with Crippen molar-refractivity contribution in [2.45, 2.75) is 6.92 Å². The number of aromatic amines is 1. The minimum atomic E-state index is 0.936. The van der Waals surface area contributed by atoms with E-state index in [9.17, 15) is 0 Å². The number of aromatic nitrogens is 3. The number of hydrogen-bond acceptors (Lipinski definition) is 3. The Labute approximate surface area is 90.8 Å². The van der Waals surface area contributed by atoms with Crippen LogP contribution >= 0.6 is 11.3 Å². The summed E-state index contributed by atoms with van der Waals surface area (Å²) in [4.78, 5) is 13.1. The molecule has 3 aromatic heterocycles. The van der Waals surface area contributed by atoms with E-state index >= 15 is 0 Å². The van der Waals surface area contributed by atoms with E-state index in [1.54, 1.807) is 23.7 Å². The molecule has 0 aliphatic heterocycles. The average molecular weight is 215 g/mol. The number of hydrogen-bond donors (Lipinski definition) is 1. The maximum absolute atomic E-state index is 4.53. The monoisotopic (exact) mass is 215 g/mol. The number of pyridine rings is 1. The van der Waals surface area contributed by atoms with E-state index in [0.29, 0.717) is 0 Å². The van der Waals surface area contributed by atoms with Crippen LogP contribution in [0.15, 0.2) is 29.9 Å². The van der Waals surface area contributed by atoms with Gasteiger partial charge in [-0.05, 0) is 30.0 Å². The first-order valence-corrected chi connectivity index (χ1v) is 5.57. The molecule has 0 atom stereocenters. The van der Waals surface area contributed by atoms with E-state index in [0.717, 1.165) is 16.9 Å². The fourth-order valence-electron chi connectivity index (χ4n) is 1.58. The molecular weight excluding hydrogens is 206 g/mol. The van der Waals surface area contributed by atoms with Crippen LogP contribution in [0, 0.1) is 6.92 Å². The topological polar surface area (TPSA) is 41.6 Å². The van der Waals surface area contributed by atoms with Gasteiger partial charge in [-0.25, -0.2) is 4.98 Å². The lowest BCUT2D eigenvalue weighted by Crippen LogP contribution is -1.77. The zero-order valence-electron chi connectivity index (χ0n) is 8.19. The Balaban J connectivity index is 2.24. The minimum Gasteiger partial charge on any atom is -0.336 e. The molecule has 3 rings (SSSR count). The SMILES string of the molecule is Cc1ccsc1-c1nc2ccncc2[nH]1. The summed E-state index contributed by atoms with van der Waals surface area (Å²) in [5, 5.41) is 2.08. The molecule has 0 aromatic carbocycles. The number of nitrogens with zero attached hydrogens (tertiary/aromatic N) is 2. The first-order chi connectivity index (χ1) is 7.34. The van der Waals surface area contributed by atoms with Crippen molar-refractivity contribution in [3.63, 3.8) is 0 Å². The summed E-state index contributed by atoms with van der Waals surface area (Å²) in [7, 11) is 0. The van der Waals surface area contributed by atoms with Gasteiger partial charge in [-0.2, -0.15) is 0 Å². The maximum Gasteiger partial charge on any atom is 0.148 e. The van der Waals surface area contributed by atoms with Crippen molar-refractivity contribution in [3.8, 4) is 10.7 Å². The van der Waals surface area contributed by atoms with Crippen molar-refractivity contribution < 1.29 is 0 Å². The highest BCUT2D eigenvalue weighted by Crippen LogP contribution is 2.27. The first-order valence-electron chi connectivity index (χ1n) is 4.69. The van der Waals surface area contributed by atoms with Crippen LogP contribution in [0.25, 0.3) is 21.7 Å². The molecule has 4 heteroatoms. The molecule has 3 heterocycles. The molecule has 0 aliphatic rings. The van der Waals surface area contributed by atoms with Gasteiger partial charge in [0, 0.05) is 6.20 Å². The average Bonchev–Trinajstić information content (AvgIpc) is 2.82. The van der Waals surface area contributed by atoms with Crippen LogP contribution in [0.4, 0.5) is 0 Å². The van der Waals surface area contributed by atoms with Crippen molar-refractivity contribution in [1.82, 2.24) is 15.0 Å². The van der Waals surface area contributed by atoms with Crippen molar-refractivity contribution in [1.29, 1.82) is 0 Å². The van der Waals surface area contributed by atoms with Crippen LogP contribution in [0.2, 0.25) is 0 Å². The van der Waals surface area contributed by atoms with Crippen molar-refractivity contribution in [2.24, 2.45) is 0 Å². The predicted octanol–water partition coefficient (Wildman–Crippen LogP) is 2.99. The molecule has 74 valence electrons. The smallest absolute Gasteiger partial charge is 0.148 e. The summed E-state index contributed by atoms with van der Waals surface area (Å²) in [6.45, 7) is 2.09. The lowest BCUT2D eigenvalue weighted by molar-refractivity contribution is 1.33. The third-order valence-corrected chi connectivity index (χ3v) is 3.38. The van der Waals surface area contributed by atoms with Gasteiger partial charge >= 0.3 is 0 Å². The zero-order chi connectivity index (χ0) is 10.3. The number of nitrogens with one attached hydrogen (secondary N) is 1. The summed E-state index contributed by atoms with van der Waals surface area (Å²) in [5.41, 5.74) is 3.21. The number of H-pyrrole nitrogens is 1. The van der Waals surface area contributed by atoms with Gasteiger partial charge in [0.25, 0.3) is 0 Å². The molecule has 0 bridgehead atoms. The molecule has 3 aromatic rings. The van der Waals surface area contributed by atoms with E-state index in [4.69, 9.17) is 0 Å². The lowest BCUT2D eigenvalue weighted by atomic mass is 10.3. The van der Waals surface area contributed by atoms with E-state index in [2.05, 4.69) is 33.3 Å². The molecule has 3 nitrogen and oxygen atoms in total. The van der Waals surface area contributed by atoms with Gasteiger partial charge in [0.05, 0.1) is 22.1 Å². The van der Waals surface area contributed by atoms with Crippen LogP contribution in [-0.4, -0.2) is 15.0 Å². The molecule has 0 aliphatic carbocycles. The molecule has 0 radical (unpaired) electrons. The second-order valence-electron chi connectivity index (χ2n) is 3.41. The van der Waals surface area contributed by atoms with Crippen LogP contribution in [0.3, 0.4) is 0 Å². The molecule has 15 heavy (non-hydrogen) atoms. The van der Waals surface area contributed by atoms with Crippen LogP contribution < -0.4 is 0 Å². The van der Waals surface area contributed by atoms with E-state index in [1.807, 2.05) is 6.07 Å². The van der Waals surface area contributed by atoms with E-state index in [1.165, 1.54) is 10.4 Å². The number of thiophene rings is 1. The number of rotatable bonds is 1. The normalized spacial score (nSPS) is 11.0. The predicted molar refractivity (Wildman–Crippen MR) is 61.9 cm³/mol. The lowest BCUT2D eigenvalue weighted by Gasteiger charge is -1.91. The van der Waals surface area contributed by atoms with Gasteiger partial charge in [-0.1, -0.05) is 0 Å². The summed E-state index contributed by atoms with van der Waals surface area (Å²) in [6.07, 6.45) is 3.56. The van der Waals surface area contributed by atoms with Gasteiger partial charge in [0.1, 0.15) is 5.82 Å². The third-order valence-electron chi connectivity index (χ3n) is 2.36. The summed E-state index contributed by atoms with van der Waals surface area (Å²) >= 11 is 1.70. The van der Waals surface area contributed by atoms with Crippen molar-refractivity contribution >= 4 is 22.4 Å². The van der Waals surface area contributed by atoms with Gasteiger partial charge < -0.3 is 4.98 Å². The molecule has 0 fully saturated rings. The van der Waals surface area contributed by atoms with Crippen LogP contribution in [-0.2, 0) is 0 Å². The quantitative estimate of drug-likeness (QED) is 0.678. The van der Waals surface area contributed by atoms with E-state index in [-0.39, 0.29) is 0 Å². The fraction of sp³-hybridized carbons (Fsp3) is 0.0909. The number of fused-ring (bicyclic) bond motifs is 1. The number of imidazole rings is 1. The largest absolute Gasteiger partial charge is 0.336 e. The molecular formula is C11H9N3S. The Morgan fingerprint density at radius 1 is 1.33 bits per heavy atom. The molecule has 0 amide bonds. The third kappa shape index (κ3) is 1.34. The second-order valence-corrected chi connectivity index (χ2v) is 4.33. The Hall–Kier alpha value is -1.68. The summed E-state index contributed by atoms with van der Waals surface area (Å²) in [6, 6.07) is 4.02. The van der Waals surface area contributed by atoms with Gasteiger partial charge in [-0.3, -0.25) is 4.98 Å². The zero-order valence-corrected chi connectivity index (χ0v) is 9.01.